The Morgan fingerprint density at radius 3 is 2.41 bits per heavy atom. The van der Waals surface area contributed by atoms with Crippen LogP contribution in [0.3, 0.4) is 0 Å². The Morgan fingerprint density at radius 1 is 1.12 bits per heavy atom. The van der Waals surface area contributed by atoms with Gasteiger partial charge in [-0.1, -0.05) is 27.7 Å². The zero-order valence-corrected chi connectivity index (χ0v) is 12.8. The second-order valence-electron chi connectivity index (χ2n) is 4.80. The van der Waals surface area contributed by atoms with Crippen molar-refractivity contribution in [1.29, 1.82) is 0 Å². The highest BCUT2D eigenvalue weighted by atomic mass is 32.2. The van der Waals surface area contributed by atoms with Crippen LogP contribution in [-0.2, 0) is 0 Å². The lowest BCUT2D eigenvalue weighted by atomic mass is 10.0. The summed E-state index contributed by atoms with van der Waals surface area (Å²) in [6, 6.07) is 0. The average molecular weight is 270 g/mol. The number of hydrogen-bond acceptors (Lipinski definition) is 3. The monoisotopic (exact) mass is 270 g/mol. The van der Waals surface area contributed by atoms with E-state index in [1.165, 1.54) is 28.4 Å². The van der Waals surface area contributed by atoms with Gasteiger partial charge in [0.2, 0.25) is 0 Å². The normalized spacial score (nSPS) is 18.4. The predicted octanol–water partition coefficient (Wildman–Crippen LogP) is 5.26. The molecule has 2 atom stereocenters. The minimum atomic E-state index is 0.630. The Kier molecular flexibility index (Phi) is 4.42. The van der Waals surface area contributed by atoms with E-state index in [-0.39, 0.29) is 0 Å². The minimum absolute atomic E-state index is 0.630. The molecule has 0 radical (unpaired) electrons. The molecule has 0 saturated heterocycles. The first-order chi connectivity index (χ1) is 8.19. The van der Waals surface area contributed by atoms with E-state index >= 15 is 0 Å². The SMILES string of the molecule is CCC(C)c1sc(C(C)CC)c2c1OCCS2. The van der Waals surface area contributed by atoms with Crippen LogP contribution in [0.4, 0.5) is 0 Å². The van der Waals surface area contributed by atoms with Gasteiger partial charge in [-0.05, 0) is 24.7 Å². The zero-order valence-electron chi connectivity index (χ0n) is 11.2. The summed E-state index contributed by atoms with van der Waals surface area (Å²) in [6.07, 6.45) is 2.41. The van der Waals surface area contributed by atoms with Crippen molar-refractivity contribution in [3.05, 3.63) is 9.75 Å². The fourth-order valence-electron chi connectivity index (χ4n) is 2.02. The summed E-state index contributed by atoms with van der Waals surface area (Å²) in [4.78, 5) is 4.48. The van der Waals surface area contributed by atoms with Crippen LogP contribution in [0.5, 0.6) is 5.75 Å². The first-order valence-electron chi connectivity index (χ1n) is 6.61. The van der Waals surface area contributed by atoms with Crippen molar-refractivity contribution < 1.29 is 4.74 Å². The molecular formula is C14H22OS2. The van der Waals surface area contributed by atoms with Crippen LogP contribution in [0.1, 0.15) is 62.1 Å². The van der Waals surface area contributed by atoms with Crippen molar-refractivity contribution in [1.82, 2.24) is 0 Å². The van der Waals surface area contributed by atoms with Gasteiger partial charge in [-0.2, -0.15) is 0 Å². The molecule has 3 heteroatoms. The van der Waals surface area contributed by atoms with Crippen LogP contribution in [-0.4, -0.2) is 12.4 Å². The highest BCUT2D eigenvalue weighted by Gasteiger charge is 2.27. The van der Waals surface area contributed by atoms with Crippen LogP contribution in [0.15, 0.2) is 4.90 Å². The van der Waals surface area contributed by atoms with Gasteiger partial charge in [-0.15, -0.1) is 23.1 Å². The highest BCUT2D eigenvalue weighted by molar-refractivity contribution is 7.99. The quantitative estimate of drug-likeness (QED) is 0.738. The van der Waals surface area contributed by atoms with Crippen LogP contribution in [0.2, 0.25) is 0 Å². The maximum Gasteiger partial charge on any atom is 0.147 e. The van der Waals surface area contributed by atoms with Gasteiger partial charge < -0.3 is 4.74 Å². The maximum absolute atomic E-state index is 5.94. The number of hydrogen-bond donors (Lipinski definition) is 0. The van der Waals surface area contributed by atoms with Crippen molar-refractivity contribution in [2.75, 3.05) is 12.4 Å². The molecule has 1 aromatic heterocycles. The maximum atomic E-state index is 5.94. The van der Waals surface area contributed by atoms with Crippen molar-refractivity contribution in [3.63, 3.8) is 0 Å². The summed E-state index contributed by atoms with van der Waals surface area (Å²) in [7, 11) is 0. The van der Waals surface area contributed by atoms with Crippen molar-refractivity contribution in [2.24, 2.45) is 0 Å². The average Bonchev–Trinajstić information content (AvgIpc) is 2.76. The van der Waals surface area contributed by atoms with Gasteiger partial charge in [-0.3, -0.25) is 0 Å². The highest BCUT2D eigenvalue weighted by Crippen LogP contribution is 2.50. The molecule has 2 rings (SSSR count). The first-order valence-corrected chi connectivity index (χ1v) is 8.41. The van der Waals surface area contributed by atoms with Crippen molar-refractivity contribution in [2.45, 2.75) is 57.3 Å². The Hall–Kier alpha value is -0.150. The molecule has 0 spiro atoms. The van der Waals surface area contributed by atoms with Crippen LogP contribution in [0, 0.1) is 0 Å². The molecule has 1 nitrogen and oxygen atoms in total. The molecular weight excluding hydrogens is 248 g/mol. The number of thioether (sulfide) groups is 1. The standard InChI is InChI=1S/C14H22OS2/c1-5-9(3)12-11-14(16-8-7-15-11)13(17-12)10(4)6-2/h9-10H,5-8H2,1-4H3. The lowest BCUT2D eigenvalue weighted by Gasteiger charge is -2.18. The summed E-state index contributed by atoms with van der Waals surface area (Å²) in [5.41, 5.74) is 0. The van der Waals surface area contributed by atoms with Crippen molar-refractivity contribution in [3.8, 4) is 5.75 Å². The summed E-state index contributed by atoms with van der Waals surface area (Å²) >= 11 is 3.99. The van der Waals surface area contributed by atoms with Crippen LogP contribution >= 0.6 is 23.1 Å². The topological polar surface area (TPSA) is 9.23 Å². The van der Waals surface area contributed by atoms with Gasteiger partial charge in [0.15, 0.2) is 0 Å². The van der Waals surface area contributed by atoms with E-state index < -0.39 is 0 Å². The molecule has 96 valence electrons. The molecule has 0 fully saturated rings. The van der Waals surface area contributed by atoms with Gasteiger partial charge in [0.05, 0.1) is 16.4 Å². The molecule has 0 amide bonds. The Bertz CT molecular complexity index is 349. The van der Waals surface area contributed by atoms with E-state index in [9.17, 15) is 0 Å². The Balaban J connectivity index is 2.43. The zero-order chi connectivity index (χ0) is 12.4. The molecule has 1 aliphatic heterocycles. The number of rotatable bonds is 4. The van der Waals surface area contributed by atoms with Gasteiger partial charge in [0, 0.05) is 10.6 Å². The van der Waals surface area contributed by atoms with Crippen LogP contribution in [0.25, 0.3) is 0 Å². The predicted molar refractivity (Wildman–Crippen MR) is 78.0 cm³/mol. The molecule has 0 N–H and O–H groups in total. The van der Waals surface area contributed by atoms with Crippen molar-refractivity contribution >= 4 is 23.1 Å². The summed E-state index contributed by atoms with van der Waals surface area (Å²) in [6.45, 7) is 10.1. The minimum Gasteiger partial charge on any atom is -0.490 e. The van der Waals surface area contributed by atoms with E-state index in [4.69, 9.17) is 4.74 Å². The molecule has 2 heterocycles. The molecule has 0 aromatic carbocycles. The van der Waals surface area contributed by atoms with Gasteiger partial charge >= 0.3 is 0 Å². The second-order valence-corrected chi connectivity index (χ2v) is 6.99. The third kappa shape index (κ3) is 2.50. The van der Waals surface area contributed by atoms with E-state index in [2.05, 4.69) is 27.7 Å². The fraction of sp³-hybridized carbons (Fsp3) is 0.714. The molecule has 0 saturated carbocycles. The summed E-state index contributed by atoms with van der Waals surface area (Å²) in [5.74, 6) is 3.62. The number of fused-ring (bicyclic) bond motifs is 1. The van der Waals surface area contributed by atoms with Crippen LogP contribution < -0.4 is 4.74 Å². The first kappa shape index (κ1) is 13.3. The third-order valence-corrected chi connectivity index (χ3v) is 6.40. The van der Waals surface area contributed by atoms with E-state index in [0.29, 0.717) is 11.8 Å². The molecule has 17 heavy (non-hydrogen) atoms. The summed E-state index contributed by atoms with van der Waals surface area (Å²) in [5, 5.41) is 0. The van der Waals surface area contributed by atoms with E-state index in [1.54, 1.807) is 4.88 Å². The van der Waals surface area contributed by atoms with Gasteiger partial charge in [0.25, 0.3) is 0 Å². The lowest BCUT2D eigenvalue weighted by molar-refractivity contribution is 0.326. The lowest BCUT2D eigenvalue weighted by Crippen LogP contribution is -2.07. The van der Waals surface area contributed by atoms with E-state index in [1.807, 2.05) is 23.1 Å². The Labute approximate surface area is 113 Å². The smallest absolute Gasteiger partial charge is 0.147 e. The largest absolute Gasteiger partial charge is 0.490 e. The summed E-state index contributed by atoms with van der Waals surface area (Å²) < 4.78 is 5.94. The molecule has 0 aliphatic carbocycles. The second kappa shape index (κ2) is 5.66. The third-order valence-electron chi connectivity index (χ3n) is 3.57. The number of thiophene rings is 1. The number of ether oxygens (including phenoxy) is 1. The fourth-order valence-corrected chi connectivity index (χ4v) is 4.81. The Morgan fingerprint density at radius 2 is 1.76 bits per heavy atom. The molecule has 1 aliphatic rings. The molecule has 0 bridgehead atoms. The molecule has 2 unspecified atom stereocenters. The molecule has 1 aromatic rings. The van der Waals surface area contributed by atoms with Gasteiger partial charge in [-0.25, -0.2) is 0 Å². The van der Waals surface area contributed by atoms with Gasteiger partial charge in [0.1, 0.15) is 5.75 Å². The van der Waals surface area contributed by atoms with E-state index in [0.717, 1.165) is 12.4 Å².